The van der Waals surface area contributed by atoms with Gasteiger partial charge in [-0.25, -0.2) is 4.79 Å². The summed E-state index contributed by atoms with van der Waals surface area (Å²) in [5.41, 5.74) is 0.0372. The Morgan fingerprint density at radius 2 is 1.83 bits per heavy atom. The van der Waals surface area contributed by atoms with Crippen molar-refractivity contribution in [2.45, 2.75) is 37.8 Å². The van der Waals surface area contributed by atoms with Crippen LogP contribution in [0.3, 0.4) is 0 Å². The van der Waals surface area contributed by atoms with Crippen molar-refractivity contribution >= 4 is 27.9 Å². The quantitative estimate of drug-likeness (QED) is 0.812. The van der Waals surface area contributed by atoms with Gasteiger partial charge in [0.05, 0.1) is 25.2 Å². The molecule has 124 valence electrons. The number of nitrogens with one attached hydrogen (secondary N) is 1. The van der Waals surface area contributed by atoms with Crippen LogP contribution in [0.25, 0.3) is 0 Å². The molecule has 2 aliphatic rings. The first-order chi connectivity index (χ1) is 11.0. The van der Waals surface area contributed by atoms with Crippen LogP contribution in [0.5, 0.6) is 11.5 Å². The number of hydrogen-bond acceptors (Lipinski definition) is 4. The molecule has 0 bridgehead atoms. The van der Waals surface area contributed by atoms with Crippen molar-refractivity contribution < 1.29 is 19.1 Å². The molecule has 0 atom stereocenters. The Balaban J connectivity index is 1.90. The monoisotopic (exact) mass is 382 g/mol. The fraction of sp³-hybridized carbons (Fsp3) is 0.500. The van der Waals surface area contributed by atoms with Gasteiger partial charge in [0.15, 0.2) is 0 Å². The molecule has 1 aliphatic heterocycles. The smallest absolute Gasteiger partial charge is 0.325 e. The summed E-state index contributed by atoms with van der Waals surface area (Å²) < 4.78 is 11.4. The van der Waals surface area contributed by atoms with E-state index >= 15 is 0 Å². The number of amides is 3. The number of benzene rings is 1. The lowest BCUT2D eigenvalue weighted by Gasteiger charge is -2.21. The first kappa shape index (κ1) is 16.1. The SMILES string of the molecule is COc1cc(CN2C(=O)NC3(CCCC3)C2=O)c(OC)cc1Br. The summed E-state index contributed by atoms with van der Waals surface area (Å²) in [4.78, 5) is 26.3. The fourth-order valence-corrected chi connectivity index (χ4v) is 3.84. The van der Waals surface area contributed by atoms with E-state index < -0.39 is 5.54 Å². The summed E-state index contributed by atoms with van der Waals surface area (Å²) >= 11 is 3.40. The molecule has 1 N–H and O–H groups in total. The Morgan fingerprint density at radius 1 is 1.17 bits per heavy atom. The Morgan fingerprint density at radius 3 is 2.43 bits per heavy atom. The molecule has 0 unspecified atom stereocenters. The van der Waals surface area contributed by atoms with Crippen LogP contribution in [-0.2, 0) is 11.3 Å². The van der Waals surface area contributed by atoms with Crippen molar-refractivity contribution in [3.05, 3.63) is 22.2 Å². The molecule has 1 spiro atoms. The van der Waals surface area contributed by atoms with Crippen molar-refractivity contribution in [3.8, 4) is 11.5 Å². The van der Waals surface area contributed by atoms with Gasteiger partial charge in [0.25, 0.3) is 5.91 Å². The standard InChI is InChI=1S/C16H19BrN2O4/c1-22-12-8-11(17)13(23-2)7-10(12)9-19-14(20)16(18-15(19)21)5-3-4-6-16/h7-8H,3-6,9H2,1-2H3,(H,18,21). The van der Waals surface area contributed by atoms with Crippen LogP contribution in [0.1, 0.15) is 31.2 Å². The predicted molar refractivity (Wildman–Crippen MR) is 87.5 cm³/mol. The third-order valence-corrected chi connectivity index (χ3v) is 5.21. The van der Waals surface area contributed by atoms with Gasteiger partial charge in [0.1, 0.15) is 17.0 Å². The number of halogens is 1. The van der Waals surface area contributed by atoms with Crippen LogP contribution in [0.4, 0.5) is 4.79 Å². The maximum atomic E-state index is 12.7. The largest absolute Gasteiger partial charge is 0.496 e. The Hall–Kier alpha value is -1.76. The molecule has 1 aliphatic carbocycles. The molecule has 1 heterocycles. The van der Waals surface area contributed by atoms with Crippen molar-refractivity contribution in [1.82, 2.24) is 10.2 Å². The highest BCUT2D eigenvalue weighted by molar-refractivity contribution is 9.10. The van der Waals surface area contributed by atoms with Crippen molar-refractivity contribution in [1.29, 1.82) is 0 Å². The number of carbonyl (C=O) groups is 2. The van der Waals surface area contributed by atoms with Gasteiger partial charge in [-0.15, -0.1) is 0 Å². The molecule has 1 saturated carbocycles. The topological polar surface area (TPSA) is 67.9 Å². The van der Waals surface area contributed by atoms with Gasteiger partial charge >= 0.3 is 6.03 Å². The summed E-state index contributed by atoms with van der Waals surface area (Å²) in [5, 5.41) is 2.88. The summed E-state index contributed by atoms with van der Waals surface area (Å²) in [5.74, 6) is 1.10. The number of rotatable bonds is 4. The highest BCUT2D eigenvalue weighted by Crippen LogP contribution is 2.38. The van der Waals surface area contributed by atoms with Gasteiger partial charge < -0.3 is 14.8 Å². The van der Waals surface area contributed by atoms with Gasteiger partial charge in [0.2, 0.25) is 0 Å². The van der Waals surface area contributed by atoms with E-state index in [2.05, 4.69) is 21.2 Å². The van der Waals surface area contributed by atoms with Crippen LogP contribution in [0.15, 0.2) is 16.6 Å². The average molecular weight is 383 g/mol. The van der Waals surface area contributed by atoms with E-state index in [1.807, 2.05) is 0 Å². The Kier molecular flexibility index (Phi) is 4.23. The molecule has 2 fully saturated rings. The molecule has 7 heteroatoms. The lowest BCUT2D eigenvalue weighted by molar-refractivity contribution is -0.131. The molecule has 3 rings (SSSR count). The van der Waals surface area contributed by atoms with Gasteiger partial charge in [-0.1, -0.05) is 12.8 Å². The van der Waals surface area contributed by atoms with Crippen LogP contribution in [0, 0.1) is 0 Å². The molecule has 0 radical (unpaired) electrons. The molecular formula is C16H19BrN2O4. The van der Waals surface area contributed by atoms with E-state index in [0.717, 1.165) is 35.7 Å². The molecular weight excluding hydrogens is 364 g/mol. The maximum Gasteiger partial charge on any atom is 0.325 e. The average Bonchev–Trinajstić information content (AvgIpc) is 3.09. The Labute approximate surface area is 143 Å². The zero-order valence-corrected chi connectivity index (χ0v) is 14.7. The number of methoxy groups -OCH3 is 2. The van der Waals surface area contributed by atoms with Crippen molar-refractivity contribution in [3.63, 3.8) is 0 Å². The molecule has 0 aromatic heterocycles. The van der Waals surface area contributed by atoms with E-state index in [4.69, 9.17) is 9.47 Å². The lowest BCUT2D eigenvalue weighted by atomic mass is 9.98. The highest BCUT2D eigenvalue weighted by Gasteiger charge is 2.52. The van der Waals surface area contributed by atoms with E-state index in [0.29, 0.717) is 11.5 Å². The van der Waals surface area contributed by atoms with E-state index in [-0.39, 0.29) is 18.5 Å². The molecule has 3 amide bonds. The maximum absolute atomic E-state index is 12.7. The molecule has 1 aromatic carbocycles. The zero-order valence-electron chi connectivity index (χ0n) is 13.1. The summed E-state index contributed by atoms with van der Waals surface area (Å²) in [6.07, 6.45) is 3.37. The van der Waals surface area contributed by atoms with Gasteiger partial charge in [0, 0.05) is 5.56 Å². The van der Waals surface area contributed by atoms with Crippen LogP contribution >= 0.6 is 15.9 Å². The molecule has 23 heavy (non-hydrogen) atoms. The van der Waals surface area contributed by atoms with Crippen LogP contribution in [0.2, 0.25) is 0 Å². The van der Waals surface area contributed by atoms with Gasteiger partial charge in [-0.3, -0.25) is 9.69 Å². The second kappa shape index (κ2) is 6.03. The summed E-state index contributed by atoms with van der Waals surface area (Å²) in [7, 11) is 3.12. The second-order valence-electron chi connectivity index (χ2n) is 5.91. The number of nitrogens with zero attached hydrogens (tertiary/aromatic N) is 1. The molecule has 1 saturated heterocycles. The number of carbonyl (C=O) groups excluding carboxylic acids is 2. The van der Waals surface area contributed by atoms with Gasteiger partial charge in [-0.2, -0.15) is 0 Å². The second-order valence-corrected chi connectivity index (χ2v) is 6.76. The molecule has 6 nitrogen and oxygen atoms in total. The lowest BCUT2D eigenvalue weighted by Crippen LogP contribution is -2.44. The van der Waals surface area contributed by atoms with Crippen molar-refractivity contribution in [2.75, 3.05) is 14.2 Å². The summed E-state index contributed by atoms with van der Waals surface area (Å²) in [6, 6.07) is 3.22. The summed E-state index contributed by atoms with van der Waals surface area (Å²) in [6.45, 7) is 0.166. The third kappa shape index (κ3) is 2.67. The van der Waals surface area contributed by atoms with Gasteiger partial charge in [-0.05, 0) is 40.9 Å². The van der Waals surface area contributed by atoms with Crippen molar-refractivity contribution in [2.24, 2.45) is 0 Å². The van der Waals surface area contributed by atoms with E-state index in [9.17, 15) is 9.59 Å². The van der Waals surface area contributed by atoms with Crippen LogP contribution < -0.4 is 14.8 Å². The van der Waals surface area contributed by atoms with E-state index in [1.54, 1.807) is 26.4 Å². The van der Waals surface area contributed by atoms with E-state index in [1.165, 1.54) is 4.90 Å². The molecule has 1 aromatic rings. The minimum atomic E-state index is -0.691. The minimum Gasteiger partial charge on any atom is -0.496 e. The number of ether oxygens (including phenoxy) is 2. The van der Waals surface area contributed by atoms with Crippen LogP contribution in [-0.4, -0.2) is 36.6 Å². The Bertz CT molecular complexity index is 656. The minimum absolute atomic E-state index is 0.135. The fourth-order valence-electron chi connectivity index (χ4n) is 3.35. The number of urea groups is 1. The third-order valence-electron chi connectivity index (χ3n) is 4.59. The first-order valence-corrected chi connectivity index (χ1v) is 8.34. The number of imide groups is 1. The predicted octanol–water partition coefficient (Wildman–Crippen LogP) is 2.83. The zero-order chi connectivity index (χ0) is 16.6. The highest BCUT2D eigenvalue weighted by atomic mass is 79.9. The first-order valence-electron chi connectivity index (χ1n) is 7.55. The number of hydrogen-bond donors (Lipinski definition) is 1. The normalized spacial score (nSPS) is 19.3.